The highest BCUT2D eigenvalue weighted by molar-refractivity contribution is 5.66. The second-order valence-electron chi connectivity index (χ2n) is 3.89. The van der Waals surface area contributed by atoms with Crippen molar-refractivity contribution in [3.05, 3.63) is 0 Å². The Balaban J connectivity index is 0. The summed E-state index contributed by atoms with van der Waals surface area (Å²) in [6, 6.07) is 0. The maximum absolute atomic E-state index is 10.5. The molecule has 0 aromatic carbocycles. The summed E-state index contributed by atoms with van der Waals surface area (Å²) in [7, 11) is 6.21. The van der Waals surface area contributed by atoms with Gasteiger partial charge in [-0.2, -0.15) is 0 Å². The van der Waals surface area contributed by atoms with Crippen LogP contribution in [0.15, 0.2) is 0 Å². The van der Waals surface area contributed by atoms with E-state index >= 15 is 0 Å². The van der Waals surface area contributed by atoms with E-state index in [9.17, 15) is 4.79 Å². The molecule has 0 rings (SSSR count). The van der Waals surface area contributed by atoms with E-state index in [0.717, 1.165) is 11.0 Å². The third-order valence-corrected chi connectivity index (χ3v) is 1.17. The van der Waals surface area contributed by atoms with Crippen LogP contribution in [-0.4, -0.2) is 44.2 Å². The fourth-order valence-electron chi connectivity index (χ4n) is 1.09. The summed E-state index contributed by atoms with van der Waals surface area (Å²) in [4.78, 5) is 10.5. The zero-order valence-electron chi connectivity index (χ0n) is 8.43. The quantitative estimate of drug-likeness (QED) is 0.330. The summed E-state index contributed by atoms with van der Waals surface area (Å²) < 4.78 is 5.79. The average Bonchev–Trinajstić information content (AvgIpc) is 1.53. The van der Waals surface area contributed by atoms with Gasteiger partial charge in [-0.25, -0.2) is 0 Å². The van der Waals surface area contributed by atoms with E-state index in [0.29, 0.717) is 0 Å². The second-order valence-corrected chi connectivity index (χ2v) is 3.89. The number of hydrogen-bond donors (Lipinski definition) is 0. The second kappa shape index (κ2) is 5.75. The molecule has 1 unspecified atom stereocenters. The van der Waals surface area contributed by atoms with E-state index in [-0.39, 0.29) is 36.0 Å². The minimum atomic E-state index is -0.203. The van der Waals surface area contributed by atoms with E-state index in [2.05, 4.69) is 21.1 Å². The van der Waals surface area contributed by atoms with Gasteiger partial charge in [0.05, 0.1) is 21.1 Å². The van der Waals surface area contributed by atoms with Crippen LogP contribution in [0.2, 0.25) is 0 Å². The Morgan fingerprint density at radius 2 is 1.83 bits per heavy atom. The third kappa shape index (κ3) is 10.2. The monoisotopic (exact) mass is 287 g/mol. The van der Waals surface area contributed by atoms with Gasteiger partial charge in [0.2, 0.25) is 0 Å². The SMILES string of the molecule is CC(=O)OC(C)C[N+](C)(C)C.[I-]. The lowest BCUT2D eigenvalue weighted by Gasteiger charge is -2.26. The van der Waals surface area contributed by atoms with Gasteiger partial charge in [0.25, 0.3) is 0 Å². The number of hydrogen-bond acceptors (Lipinski definition) is 2. The number of rotatable bonds is 3. The van der Waals surface area contributed by atoms with E-state index in [4.69, 9.17) is 4.74 Å². The number of carbonyl (C=O) groups excluding carboxylic acids is 1. The molecule has 0 aromatic rings. The lowest BCUT2D eigenvalue weighted by Crippen LogP contribution is -3.00. The van der Waals surface area contributed by atoms with Crippen molar-refractivity contribution >= 4 is 5.97 Å². The fourth-order valence-corrected chi connectivity index (χ4v) is 1.09. The lowest BCUT2D eigenvalue weighted by molar-refractivity contribution is -0.873. The summed E-state index contributed by atoms with van der Waals surface area (Å²) >= 11 is 0. The average molecular weight is 287 g/mol. The predicted molar refractivity (Wildman–Crippen MR) is 44.1 cm³/mol. The third-order valence-electron chi connectivity index (χ3n) is 1.17. The summed E-state index contributed by atoms with van der Waals surface area (Å²) in [6.07, 6.45) is 0.00694. The van der Waals surface area contributed by atoms with Crippen molar-refractivity contribution in [2.24, 2.45) is 0 Å². The molecule has 0 saturated carbocycles. The van der Waals surface area contributed by atoms with Crippen LogP contribution in [0, 0.1) is 0 Å². The normalized spacial score (nSPS) is 13.1. The first kappa shape index (κ1) is 14.7. The Morgan fingerprint density at radius 3 is 2.08 bits per heavy atom. The molecule has 0 fully saturated rings. The molecule has 0 saturated heterocycles. The highest BCUT2D eigenvalue weighted by atomic mass is 127. The molecule has 0 N–H and O–H groups in total. The fraction of sp³-hybridized carbons (Fsp3) is 0.875. The molecule has 0 amide bonds. The van der Waals surface area contributed by atoms with Gasteiger partial charge < -0.3 is 33.2 Å². The minimum Gasteiger partial charge on any atom is -1.00 e. The highest BCUT2D eigenvalue weighted by Gasteiger charge is 2.15. The van der Waals surface area contributed by atoms with Gasteiger partial charge in [0, 0.05) is 6.92 Å². The van der Waals surface area contributed by atoms with Crippen molar-refractivity contribution in [2.75, 3.05) is 27.7 Å². The van der Waals surface area contributed by atoms with Crippen molar-refractivity contribution in [1.29, 1.82) is 0 Å². The van der Waals surface area contributed by atoms with Crippen LogP contribution in [0.4, 0.5) is 0 Å². The molecule has 0 spiro atoms. The van der Waals surface area contributed by atoms with Crippen molar-refractivity contribution in [2.45, 2.75) is 20.0 Å². The van der Waals surface area contributed by atoms with Crippen molar-refractivity contribution in [3.63, 3.8) is 0 Å². The van der Waals surface area contributed by atoms with Gasteiger partial charge in [0.1, 0.15) is 12.6 Å². The largest absolute Gasteiger partial charge is 1.00 e. The molecule has 0 aliphatic carbocycles. The van der Waals surface area contributed by atoms with Gasteiger partial charge >= 0.3 is 5.97 Å². The first-order valence-electron chi connectivity index (χ1n) is 3.79. The number of quaternary nitrogens is 1. The van der Waals surface area contributed by atoms with E-state index in [1.165, 1.54) is 6.92 Å². The summed E-state index contributed by atoms with van der Waals surface area (Å²) in [5.41, 5.74) is 0. The van der Waals surface area contributed by atoms with Crippen LogP contribution in [0.3, 0.4) is 0 Å². The highest BCUT2D eigenvalue weighted by Crippen LogP contribution is 1.98. The number of nitrogens with zero attached hydrogens (tertiary/aromatic N) is 1. The smallest absolute Gasteiger partial charge is 0.303 e. The predicted octanol–water partition coefficient (Wildman–Crippen LogP) is -2.35. The number of esters is 1. The summed E-state index contributed by atoms with van der Waals surface area (Å²) in [5, 5.41) is 0. The van der Waals surface area contributed by atoms with Crippen molar-refractivity contribution in [3.8, 4) is 0 Å². The Labute approximate surface area is 91.7 Å². The van der Waals surface area contributed by atoms with Crippen LogP contribution >= 0.6 is 0 Å². The number of halogens is 1. The maximum atomic E-state index is 10.5. The van der Waals surface area contributed by atoms with Crippen LogP contribution in [0.25, 0.3) is 0 Å². The van der Waals surface area contributed by atoms with E-state index in [1.807, 2.05) is 6.92 Å². The molecule has 0 radical (unpaired) electrons. The molecular formula is C8H18INO2. The number of ether oxygens (including phenoxy) is 1. The lowest BCUT2D eigenvalue weighted by atomic mass is 10.3. The molecular weight excluding hydrogens is 269 g/mol. The van der Waals surface area contributed by atoms with Crippen molar-refractivity contribution in [1.82, 2.24) is 0 Å². The summed E-state index contributed by atoms with van der Waals surface area (Å²) in [6.45, 7) is 4.19. The van der Waals surface area contributed by atoms with Crippen LogP contribution in [-0.2, 0) is 9.53 Å². The first-order chi connectivity index (χ1) is 4.81. The molecule has 12 heavy (non-hydrogen) atoms. The summed E-state index contributed by atoms with van der Waals surface area (Å²) in [5.74, 6) is -0.203. The molecule has 0 aliphatic rings. The molecule has 0 heterocycles. The Kier molecular flexibility index (Phi) is 7.02. The molecule has 3 nitrogen and oxygen atoms in total. The molecule has 0 aromatic heterocycles. The Hall–Kier alpha value is 0.160. The first-order valence-corrected chi connectivity index (χ1v) is 3.79. The van der Waals surface area contributed by atoms with Gasteiger partial charge in [-0.1, -0.05) is 0 Å². The van der Waals surface area contributed by atoms with Gasteiger partial charge in [-0.3, -0.25) is 4.79 Å². The standard InChI is InChI=1S/C8H18NO2.HI/c1-7(11-8(2)10)6-9(3,4)5;/h7H,6H2,1-5H3;1H/q+1;/p-1. The topological polar surface area (TPSA) is 26.3 Å². The van der Waals surface area contributed by atoms with Gasteiger partial charge in [-0.15, -0.1) is 0 Å². The molecule has 4 heteroatoms. The number of carbonyl (C=O) groups is 1. The van der Waals surface area contributed by atoms with Crippen LogP contribution < -0.4 is 24.0 Å². The van der Waals surface area contributed by atoms with Gasteiger partial charge in [0.15, 0.2) is 0 Å². The van der Waals surface area contributed by atoms with Gasteiger partial charge in [-0.05, 0) is 6.92 Å². The van der Waals surface area contributed by atoms with Crippen molar-refractivity contribution < 1.29 is 38.0 Å². The zero-order chi connectivity index (χ0) is 9.07. The number of likely N-dealkylation sites (N-methyl/N-ethyl adjacent to an activating group) is 1. The zero-order valence-corrected chi connectivity index (χ0v) is 10.6. The minimum absolute atomic E-state index is 0. The van der Waals surface area contributed by atoms with E-state index < -0.39 is 0 Å². The van der Waals surface area contributed by atoms with Crippen LogP contribution in [0.5, 0.6) is 0 Å². The molecule has 0 bridgehead atoms. The Bertz CT molecular complexity index is 142. The molecule has 74 valence electrons. The van der Waals surface area contributed by atoms with Crippen LogP contribution in [0.1, 0.15) is 13.8 Å². The molecule has 0 aliphatic heterocycles. The maximum Gasteiger partial charge on any atom is 0.303 e. The molecule has 1 atom stereocenters. The Morgan fingerprint density at radius 1 is 1.42 bits per heavy atom. The van der Waals surface area contributed by atoms with E-state index in [1.54, 1.807) is 0 Å².